The van der Waals surface area contributed by atoms with Crippen molar-refractivity contribution >= 4 is 48.4 Å². The van der Waals surface area contributed by atoms with Crippen molar-refractivity contribution in [3.63, 3.8) is 0 Å². The highest BCUT2D eigenvalue weighted by atomic mass is 35.5. The molecule has 0 fully saturated rings. The predicted molar refractivity (Wildman–Crippen MR) is 181 cm³/mol. The molecule has 0 aliphatic heterocycles. The summed E-state index contributed by atoms with van der Waals surface area (Å²) in [5.74, 6) is -2.98. The molecule has 11 heteroatoms. The maximum Gasteiger partial charge on any atom is 0.322 e. The summed E-state index contributed by atoms with van der Waals surface area (Å²) in [4.78, 5) is 35.0. The van der Waals surface area contributed by atoms with Crippen LogP contribution >= 0.6 is 11.6 Å². The fourth-order valence-electron chi connectivity index (χ4n) is 4.17. The minimum atomic E-state index is -1.04. The number of amides is 2. The van der Waals surface area contributed by atoms with E-state index < -0.39 is 23.5 Å². The lowest BCUT2D eigenvalue weighted by Gasteiger charge is -2.14. The lowest BCUT2D eigenvalue weighted by Crippen LogP contribution is -2.26. The van der Waals surface area contributed by atoms with Crippen LogP contribution in [0.1, 0.15) is 51.1 Å². The number of rotatable bonds is 9. The summed E-state index contributed by atoms with van der Waals surface area (Å²) in [5, 5.41) is 21.9. The summed E-state index contributed by atoms with van der Waals surface area (Å²) >= 11 is 6.27. The summed E-state index contributed by atoms with van der Waals surface area (Å²) in [5.41, 5.74) is 5.84. The van der Waals surface area contributed by atoms with Crippen LogP contribution in [0, 0.1) is 36.8 Å². The van der Waals surface area contributed by atoms with Gasteiger partial charge in [0.1, 0.15) is 18.2 Å². The molecule has 0 spiro atoms. The zero-order chi connectivity index (χ0) is 35.1. The second-order valence-electron chi connectivity index (χ2n) is 9.92. The molecule has 0 heterocycles. The highest BCUT2D eigenvalue weighted by Crippen LogP contribution is 2.39. The van der Waals surface area contributed by atoms with Gasteiger partial charge in [-0.1, -0.05) is 72.8 Å². The Bertz CT molecular complexity index is 1780. The number of carbonyl (C=O) groups excluding carboxylic acids is 2. The van der Waals surface area contributed by atoms with Gasteiger partial charge in [0, 0.05) is 32.8 Å². The number of aliphatic imine (C=N–C) groups is 1. The summed E-state index contributed by atoms with van der Waals surface area (Å²) < 4.78 is 26.9. The topological polar surface area (TPSA) is 132 Å². The van der Waals surface area contributed by atoms with Crippen LogP contribution in [0.25, 0.3) is 17.2 Å². The molecule has 4 aromatic rings. The minimum absolute atomic E-state index is 0.0200. The summed E-state index contributed by atoms with van der Waals surface area (Å²) in [6, 6.07) is 22.5. The Labute approximate surface area is 277 Å². The fraction of sp³-hybridized carbons (Fsp3) is 0.139. The normalized spacial score (nSPS) is 10.4. The number of hydrogen-bond donors (Lipinski definition) is 3. The number of aryl methyl sites for hydroxylation is 1. The van der Waals surface area contributed by atoms with Crippen LogP contribution < -0.4 is 10.6 Å². The van der Waals surface area contributed by atoms with Crippen LogP contribution in [-0.4, -0.2) is 36.7 Å². The second-order valence-corrected chi connectivity index (χ2v) is 10.3. The highest BCUT2D eigenvalue weighted by molar-refractivity contribution is 6.33. The molecule has 0 saturated heterocycles. The Morgan fingerprint density at radius 2 is 1.66 bits per heavy atom. The zero-order valence-electron chi connectivity index (χ0n) is 26.0. The van der Waals surface area contributed by atoms with Gasteiger partial charge in [0.25, 0.3) is 5.91 Å². The Morgan fingerprint density at radius 1 is 1.04 bits per heavy atom. The van der Waals surface area contributed by atoms with Crippen LogP contribution in [0.3, 0.4) is 0 Å². The average Bonchev–Trinajstić information content (AvgIpc) is 3.06. The molecule has 4 rings (SSSR count). The van der Waals surface area contributed by atoms with E-state index in [0.717, 1.165) is 45.6 Å². The third kappa shape index (κ3) is 10.7. The van der Waals surface area contributed by atoms with E-state index in [9.17, 15) is 23.2 Å². The van der Waals surface area contributed by atoms with Gasteiger partial charge in [0.05, 0.1) is 23.4 Å². The van der Waals surface area contributed by atoms with Crippen molar-refractivity contribution in [1.29, 1.82) is 5.26 Å². The van der Waals surface area contributed by atoms with Gasteiger partial charge in [-0.3, -0.25) is 19.4 Å². The van der Waals surface area contributed by atoms with Crippen molar-refractivity contribution in [2.45, 2.75) is 26.8 Å². The Hall–Kier alpha value is -5.66. The molecule has 1 atom stereocenters. The molecule has 0 saturated carbocycles. The summed E-state index contributed by atoms with van der Waals surface area (Å²) in [7, 11) is 0. The van der Waals surface area contributed by atoms with E-state index in [-0.39, 0.29) is 23.7 Å². The first kappa shape index (κ1) is 37.5. The standard InChI is InChI=1S/C17H13ClN2.C16H15F2NO.C3H5NO3/c1-4-13-11(2)5-7-15(17(13)20-3)14-8-6-12(10-19)9-16(14)18;1-10-14(17)8-13(9-15(10)18)16(20)19-11(2)12-6-4-3-5-7-12;5-2-4-1-3(6)7/h4-9H,1,3H2,2H3;3-9,11H,1-2H3,(H,19,20);2H,1H2,(H,4,5)(H,6,7). The average molecular weight is 659 g/mol. The van der Waals surface area contributed by atoms with Gasteiger partial charge in [-0.05, 0) is 62.9 Å². The number of hydrogen-bond acceptors (Lipinski definition) is 5. The lowest BCUT2D eigenvalue weighted by atomic mass is 9.96. The maximum absolute atomic E-state index is 13.4. The molecule has 0 bridgehead atoms. The second kappa shape index (κ2) is 18.3. The van der Waals surface area contributed by atoms with Gasteiger partial charge in [-0.25, -0.2) is 8.78 Å². The SMILES string of the molecule is C=Cc1c(C)ccc(-c2ccc(C#N)cc2Cl)c1N=C.Cc1c(F)cc(C(=O)NC(C)c2ccccc2)cc1F.O=CNCC(=O)O. The van der Waals surface area contributed by atoms with Gasteiger partial charge in [-0.15, -0.1) is 0 Å². The number of carboxylic acid groups (broad SMARTS) is 1. The number of carboxylic acids is 1. The Morgan fingerprint density at radius 3 is 2.15 bits per heavy atom. The van der Waals surface area contributed by atoms with E-state index in [1.807, 2.05) is 67.7 Å². The van der Waals surface area contributed by atoms with Gasteiger partial charge in [0.2, 0.25) is 6.41 Å². The van der Waals surface area contributed by atoms with E-state index >= 15 is 0 Å². The molecular weight excluding hydrogens is 626 g/mol. The molecule has 1 unspecified atom stereocenters. The van der Waals surface area contributed by atoms with E-state index in [4.69, 9.17) is 22.0 Å². The molecule has 0 aliphatic carbocycles. The van der Waals surface area contributed by atoms with E-state index in [0.29, 0.717) is 17.0 Å². The minimum Gasteiger partial charge on any atom is -0.480 e. The van der Waals surface area contributed by atoms with Crippen molar-refractivity contribution < 1.29 is 28.3 Å². The van der Waals surface area contributed by atoms with Crippen molar-refractivity contribution in [3.05, 3.63) is 129 Å². The molecule has 4 aromatic carbocycles. The number of nitrogens with one attached hydrogen (secondary N) is 2. The van der Waals surface area contributed by atoms with Crippen LogP contribution in [0.15, 0.2) is 84.4 Å². The first-order valence-corrected chi connectivity index (χ1v) is 14.4. The number of nitriles is 1. The smallest absolute Gasteiger partial charge is 0.322 e. The van der Waals surface area contributed by atoms with Crippen molar-refractivity contribution in [2.24, 2.45) is 4.99 Å². The molecule has 8 nitrogen and oxygen atoms in total. The number of nitrogens with zero attached hydrogens (tertiary/aromatic N) is 2. The molecule has 2 amide bonds. The molecular formula is C36H33ClF2N4O4. The molecule has 47 heavy (non-hydrogen) atoms. The quantitative estimate of drug-likeness (QED) is 0.125. The van der Waals surface area contributed by atoms with Crippen molar-refractivity contribution in [2.75, 3.05) is 6.54 Å². The van der Waals surface area contributed by atoms with Gasteiger partial charge in [0.15, 0.2) is 0 Å². The molecule has 242 valence electrons. The third-order valence-electron chi connectivity index (χ3n) is 6.71. The van der Waals surface area contributed by atoms with Gasteiger partial charge in [-0.2, -0.15) is 5.26 Å². The Balaban J connectivity index is 0.000000273. The van der Waals surface area contributed by atoms with Crippen LogP contribution in [0.5, 0.6) is 0 Å². The predicted octanol–water partition coefficient (Wildman–Crippen LogP) is 7.74. The Kier molecular flexibility index (Phi) is 14.6. The number of carbonyl (C=O) groups is 3. The fourth-order valence-corrected chi connectivity index (χ4v) is 4.45. The number of halogens is 3. The largest absolute Gasteiger partial charge is 0.480 e. The van der Waals surface area contributed by atoms with Gasteiger partial charge >= 0.3 is 5.97 Å². The van der Waals surface area contributed by atoms with Crippen molar-refractivity contribution in [3.8, 4) is 17.2 Å². The van der Waals surface area contributed by atoms with Crippen LogP contribution in [-0.2, 0) is 9.59 Å². The van der Waals surface area contributed by atoms with Crippen molar-refractivity contribution in [1.82, 2.24) is 10.6 Å². The highest BCUT2D eigenvalue weighted by Gasteiger charge is 2.15. The summed E-state index contributed by atoms with van der Waals surface area (Å²) in [6.07, 6.45) is 2.11. The van der Waals surface area contributed by atoms with E-state index in [1.54, 1.807) is 18.2 Å². The summed E-state index contributed by atoms with van der Waals surface area (Å²) in [6.45, 7) is 12.3. The van der Waals surface area contributed by atoms with Crippen LogP contribution in [0.4, 0.5) is 14.5 Å². The number of aliphatic carboxylic acids is 1. The van der Waals surface area contributed by atoms with Gasteiger partial charge < -0.3 is 15.7 Å². The zero-order valence-corrected chi connectivity index (χ0v) is 26.7. The first-order valence-electron chi connectivity index (χ1n) is 14.0. The molecule has 3 N–H and O–H groups in total. The monoisotopic (exact) mass is 658 g/mol. The van der Waals surface area contributed by atoms with E-state index in [1.165, 1.54) is 6.92 Å². The molecule has 0 aliphatic rings. The van der Waals surface area contributed by atoms with Crippen LogP contribution in [0.2, 0.25) is 5.02 Å². The lowest BCUT2D eigenvalue weighted by molar-refractivity contribution is -0.136. The molecule has 0 aromatic heterocycles. The maximum atomic E-state index is 13.4. The third-order valence-corrected chi connectivity index (χ3v) is 7.03. The molecule has 0 radical (unpaired) electrons. The first-order chi connectivity index (χ1) is 22.4. The number of benzene rings is 4. The van der Waals surface area contributed by atoms with E-state index in [2.05, 4.69) is 29.7 Å².